The van der Waals surface area contributed by atoms with Gasteiger partial charge in [-0.05, 0) is 37.8 Å². The molecule has 0 aromatic heterocycles. The Labute approximate surface area is 112 Å². The van der Waals surface area contributed by atoms with Crippen molar-refractivity contribution in [1.29, 1.82) is 0 Å². The lowest BCUT2D eigenvalue weighted by Gasteiger charge is -2.12. The predicted octanol–water partition coefficient (Wildman–Crippen LogP) is 4.08. The van der Waals surface area contributed by atoms with Crippen LogP contribution in [0, 0.1) is 11.8 Å². The van der Waals surface area contributed by atoms with Gasteiger partial charge in [0.2, 0.25) is 0 Å². The SMILES string of the molecule is C=CC#CC=CCCCCCCCC(OC)OC. The summed E-state index contributed by atoms with van der Waals surface area (Å²) in [4.78, 5) is 0. The van der Waals surface area contributed by atoms with Gasteiger partial charge in [-0.25, -0.2) is 0 Å². The largest absolute Gasteiger partial charge is 0.356 e. The third-order valence-electron chi connectivity index (χ3n) is 2.72. The molecule has 0 atom stereocenters. The van der Waals surface area contributed by atoms with Crippen molar-refractivity contribution in [3.8, 4) is 11.8 Å². The number of unbranched alkanes of at least 4 members (excludes halogenated alkanes) is 5. The zero-order valence-corrected chi connectivity index (χ0v) is 11.8. The maximum absolute atomic E-state index is 5.14. The number of allylic oxidation sites excluding steroid dienone is 3. The van der Waals surface area contributed by atoms with Gasteiger partial charge in [0, 0.05) is 14.2 Å². The molecule has 0 aromatic rings. The molecule has 0 fully saturated rings. The smallest absolute Gasteiger partial charge is 0.156 e. The standard InChI is InChI=1S/C16H26O2/c1-4-5-6-7-8-9-10-11-12-13-14-15-16(17-2)18-3/h4,7-8,16H,1,9-15H2,2-3H3. The highest BCUT2D eigenvalue weighted by Gasteiger charge is 2.03. The molecule has 18 heavy (non-hydrogen) atoms. The van der Waals surface area contributed by atoms with Crippen LogP contribution in [-0.2, 0) is 9.47 Å². The molecule has 0 rings (SSSR count). The quantitative estimate of drug-likeness (QED) is 0.330. The maximum Gasteiger partial charge on any atom is 0.156 e. The van der Waals surface area contributed by atoms with Crippen LogP contribution in [0.3, 0.4) is 0 Å². The van der Waals surface area contributed by atoms with Crippen molar-refractivity contribution >= 4 is 0 Å². The van der Waals surface area contributed by atoms with Crippen molar-refractivity contribution in [2.24, 2.45) is 0 Å². The van der Waals surface area contributed by atoms with Gasteiger partial charge in [-0.15, -0.1) is 0 Å². The molecule has 0 saturated heterocycles. The number of hydrogen-bond donors (Lipinski definition) is 0. The second-order valence-corrected chi connectivity index (χ2v) is 4.14. The van der Waals surface area contributed by atoms with Crippen LogP contribution in [-0.4, -0.2) is 20.5 Å². The third-order valence-corrected chi connectivity index (χ3v) is 2.72. The fourth-order valence-electron chi connectivity index (χ4n) is 1.68. The molecule has 0 heterocycles. The Kier molecular flexibility index (Phi) is 13.2. The molecule has 2 nitrogen and oxygen atoms in total. The van der Waals surface area contributed by atoms with E-state index < -0.39 is 0 Å². The normalized spacial score (nSPS) is 10.6. The summed E-state index contributed by atoms with van der Waals surface area (Å²) in [6.07, 6.45) is 13.9. The highest BCUT2D eigenvalue weighted by Crippen LogP contribution is 2.10. The average molecular weight is 250 g/mol. The molecule has 0 aromatic carbocycles. The van der Waals surface area contributed by atoms with E-state index in [2.05, 4.69) is 24.5 Å². The van der Waals surface area contributed by atoms with E-state index in [1.54, 1.807) is 20.3 Å². The molecule has 0 N–H and O–H groups in total. The zero-order valence-electron chi connectivity index (χ0n) is 11.8. The molecule has 0 unspecified atom stereocenters. The Balaban J connectivity index is 3.25. The van der Waals surface area contributed by atoms with Crippen LogP contribution in [0.25, 0.3) is 0 Å². The molecular formula is C16H26O2. The molecule has 102 valence electrons. The second-order valence-electron chi connectivity index (χ2n) is 4.14. The van der Waals surface area contributed by atoms with E-state index in [-0.39, 0.29) is 6.29 Å². The summed E-state index contributed by atoms with van der Waals surface area (Å²) in [5.74, 6) is 5.69. The predicted molar refractivity (Wildman–Crippen MR) is 77.2 cm³/mol. The molecular weight excluding hydrogens is 224 g/mol. The molecule has 0 saturated carbocycles. The van der Waals surface area contributed by atoms with Crippen molar-refractivity contribution in [1.82, 2.24) is 0 Å². The lowest BCUT2D eigenvalue weighted by atomic mass is 10.1. The number of hydrogen-bond acceptors (Lipinski definition) is 2. The van der Waals surface area contributed by atoms with Crippen molar-refractivity contribution < 1.29 is 9.47 Å². The van der Waals surface area contributed by atoms with Crippen molar-refractivity contribution in [3.63, 3.8) is 0 Å². The highest BCUT2D eigenvalue weighted by atomic mass is 16.7. The molecule has 0 spiro atoms. The Morgan fingerprint density at radius 2 is 1.67 bits per heavy atom. The number of methoxy groups -OCH3 is 2. The molecule has 0 aliphatic rings. The number of ether oxygens (including phenoxy) is 2. The van der Waals surface area contributed by atoms with Crippen molar-refractivity contribution in [2.75, 3.05) is 14.2 Å². The second kappa shape index (κ2) is 14.0. The monoisotopic (exact) mass is 250 g/mol. The van der Waals surface area contributed by atoms with Crippen LogP contribution in [0.2, 0.25) is 0 Å². The van der Waals surface area contributed by atoms with Crippen LogP contribution in [0.5, 0.6) is 0 Å². The fourth-order valence-corrected chi connectivity index (χ4v) is 1.68. The molecule has 0 radical (unpaired) electrons. The minimum atomic E-state index is -0.0311. The first kappa shape index (κ1) is 17.0. The van der Waals surface area contributed by atoms with Crippen LogP contribution in [0.4, 0.5) is 0 Å². The summed E-state index contributed by atoms with van der Waals surface area (Å²) >= 11 is 0. The van der Waals surface area contributed by atoms with Gasteiger partial charge in [0.25, 0.3) is 0 Å². The fraction of sp³-hybridized carbons (Fsp3) is 0.625. The molecule has 0 amide bonds. The summed E-state index contributed by atoms with van der Waals surface area (Å²) in [6, 6.07) is 0. The summed E-state index contributed by atoms with van der Waals surface area (Å²) in [6.45, 7) is 3.54. The maximum atomic E-state index is 5.14. The van der Waals surface area contributed by atoms with Gasteiger partial charge < -0.3 is 9.47 Å². The Hall–Kier alpha value is -1.04. The van der Waals surface area contributed by atoms with Crippen LogP contribution >= 0.6 is 0 Å². The zero-order chi connectivity index (χ0) is 13.5. The van der Waals surface area contributed by atoms with E-state index in [1.807, 2.05) is 6.08 Å². The Morgan fingerprint density at radius 3 is 2.33 bits per heavy atom. The van der Waals surface area contributed by atoms with Crippen LogP contribution < -0.4 is 0 Å². The van der Waals surface area contributed by atoms with Gasteiger partial charge in [0.1, 0.15) is 0 Å². The lowest BCUT2D eigenvalue weighted by Crippen LogP contribution is -2.12. The molecule has 0 aliphatic heterocycles. The van der Waals surface area contributed by atoms with Gasteiger partial charge in [-0.1, -0.05) is 43.8 Å². The first-order chi connectivity index (χ1) is 8.85. The van der Waals surface area contributed by atoms with Gasteiger partial charge in [0.15, 0.2) is 6.29 Å². The molecule has 2 heteroatoms. The average Bonchev–Trinajstić information content (AvgIpc) is 2.40. The first-order valence-electron chi connectivity index (χ1n) is 6.67. The summed E-state index contributed by atoms with van der Waals surface area (Å²) < 4.78 is 10.3. The van der Waals surface area contributed by atoms with E-state index in [4.69, 9.17) is 9.47 Å². The van der Waals surface area contributed by atoms with E-state index in [0.717, 1.165) is 12.8 Å². The van der Waals surface area contributed by atoms with E-state index in [0.29, 0.717) is 0 Å². The van der Waals surface area contributed by atoms with Gasteiger partial charge in [-0.2, -0.15) is 0 Å². The Bertz CT molecular complexity index is 267. The highest BCUT2D eigenvalue weighted by molar-refractivity contribution is 5.21. The van der Waals surface area contributed by atoms with Crippen molar-refractivity contribution in [3.05, 3.63) is 24.8 Å². The summed E-state index contributed by atoms with van der Waals surface area (Å²) in [7, 11) is 3.38. The first-order valence-corrected chi connectivity index (χ1v) is 6.67. The van der Waals surface area contributed by atoms with Gasteiger partial charge >= 0.3 is 0 Å². The lowest BCUT2D eigenvalue weighted by molar-refractivity contribution is -0.107. The van der Waals surface area contributed by atoms with E-state index in [1.165, 1.54) is 32.1 Å². The van der Waals surface area contributed by atoms with Crippen molar-refractivity contribution in [2.45, 2.75) is 51.2 Å². The van der Waals surface area contributed by atoms with Crippen LogP contribution in [0.15, 0.2) is 24.8 Å². The van der Waals surface area contributed by atoms with Gasteiger partial charge in [-0.3, -0.25) is 0 Å². The Morgan fingerprint density at radius 1 is 1.00 bits per heavy atom. The third kappa shape index (κ3) is 11.4. The summed E-state index contributed by atoms with van der Waals surface area (Å²) in [5.41, 5.74) is 0. The summed E-state index contributed by atoms with van der Waals surface area (Å²) in [5, 5.41) is 0. The molecule has 0 bridgehead atoms. The van der Waals surface area contributed by atoms with Crippen LogP contribution in [0.1, 0.15) is 44.9 Å². The van der Waals surface area contributed by atoms with Gasteiger partial charge in [0.05, 0.1) is 0 Å². The number of rotatable bonds is 10. The minimum absolute atomic E-state index is 0.0311. The topological polar surface area (TPSA) is 18.5 Å². The molecule has 0 aliphatic carbocycles. The van der Waals surface area contributed by atoms with E-state index >= 15 is 0 Å². The minimum Gasteiger partial charge on any atom is -0.356 e. The van der Waals surface area contributed by atoms with E-state index in [9.17, 15) is 0 Å².